The summed E-state index contributed by atoms with van der Waals surface area (Å²) in [5.74, 6) is 1.36. The SMILES string of the molecule is CCc1ccc(C(NC)c2ccc3[nH]c(=O)oc3c2)o1. The van der Waals surface area contributed by atoms with E-state index < -0.39 is 5.76 Å². The average Bonchev–Trinajstić information content (AvgIpc) is 3.04. The summed E-state index contributed by atoms with van der Waals surface area (Å²) in [5, 5.41) is 3.22. The van der Waals surface area contributed by atoms with E-state index in [1.54, 1.807) is 0 Å². The molecule has 0 spiro atoms. The van der Waals surface area contributed by atoms with E-state index in [0.717, 1.165) is 23.5 Å². The van der Waals surface area contributed by atoms with E-state index in [9.17, 15) is 4.79 Å². The monoisotopic (exact) mass is 272 g/mol. The molecule has 2 aromatic heterocycles. The second kappa shape index (κ2) is 5.02. The number of aromatic amines is 1. The van der Waals surface area contributed by atoms with E-state index in [1.807, 2.05) is 37.4 Å². The van der Waals surface area contributed by atoms with Crippen LogP contribution in [-0.4, -0.2) is 12.0 Å². The zero-order chi connectivity index (χ0) is 14.1. The second-order valence-electron chi connectivity index (χ2n) is 4.65. The van der Waals surface area contributed by atoms with Crippen molar-refractivity contribution < 1.29 is 8.83 Å². The highest BCUT2D eigenvalue weighted by Gasteiger charge is 2.17. The summed E-state index contributed by atoms with van der Waals surface area (Å²) in [4.78, 5) is 13.8. The van der Waals surface area contributed by atoms with Crippen molar-refractivity contribution >= 4 is 11.1 Å². The van der Waals surface area contributed by atoms with Crippen molar-refractivity contribution in [2.75, 3.05) is 7.05 Å². The van der Waals surface area contributed by atoms with Crippen LogP contribution in [-0.2, 0) is 6.42 Å². The van der Waals surface area contributed by atoms with Gasteiger partial charge in [-0.3, -0.25) is 4.98 Å². The number of benzene rings is 1. The standard InChI is InChI=1S/C15H16N2O3/c1-3-10-5-7-12(19-10)14(16-2)9-4-6-11-13(8-9)20-15(18)17-11/h4-8,14,16H,3H2,1-2H3,(H,17,18). The molecule has 1 unspecified atom stereocenters. The van der Waals surface area contributed by atoms with Gasteiger partial charge in [-0.1, -0.05) is 13.0 Å². The van der Waals surface area contributed by atoms with Crippen molar-refractivity contribution in [3.05, 3.63) is 58.0 Å². The highest BCUT2D eigenvalue weighted by atomic mass is 16.4. The molecule has 5 heteroatoms. The minimum Gasteiger partial charge on any atom is -0.464 e. The maximum absolute atomic E-state index is 11.2. The molecule has 0 aliphatic rings. The summed E-state index contributed by atoms with van der Waals surface area (Å²) in [5.41, 5.74) is 2.23. The van der Waals surface area contributed by atoms with Gasteiger partial charge >= 0.3 is 5.76 Å². The first-order valence-electron chi connectivity index (χ1n) is 6.60. The van der Waals surface area contributed by atoms with Gasteiger partial charge in [-0.15, -0.1) is 0 Å². The van der Waals surface area contributed by atoms with Crippen molar-refractivity contribution in [1.82, 2.24) is 10.3 Å². The number of hydrogen-bond donors (Lipinski definition) is 2. The number of hydrogen-bond acceptors (Lipinski definition) is 4. The molecule has 1 aromatic carbocycles. The minimum absolute atomic E-state index is 0.0695. The molecule has 3 aromatic rings. The van der Waals surface area contributed by atoms with E-state index in [4.69, 9.17) is 8.83 Å². The Morgan fingerprint density at radius 3 is 2.80 bits per heavy atom. The first kappa shape index (κ1) is 12.7. The molecule has 1 atom stereocenters. The maximum Gasteiger partial charge on any atom is 0.417 e. The summed E-state index contributed by atoms with van der Waals surface area (Å²) >= 11 is 0. The fraction of sp³-hybridized carbons (Fsp3) is 0.267. The van der Waals surface area contributed by atoms with Crippen LogP contribution in [0.25, 0.3) is 11.1 Å². The van der Waals surface area contributed by atoms with Crippen molar-refractivity contribution in [3.63, 3.8) is 0 Å². The van der Waals surface area contributed by atoms with Crippen LogP contribution in [0.2, 0.25) is 0 Å². The average molecular weight is 272 g/mol. The number of aromatic nitrogens is 1. The van der Waals surface area contributed by atoms with Crippen LogP contribution in [0.15, 0.2) is 44.0 Å². The number of H-pyrrole nitrogens is 1. The van der Waals surface area contributed by atoms with Gasteiger partial charge in [0.2, 0.25) is 0 Å². The smallest absolute Gasteiger partial charge is 0.417 e. The topological polar surface area (TPSA) is 71.2 Å². The first-order chi connectivity index (χ1) is 9.71. The van der Waals surface area contributed by atoms with Gasteiger partial charge < -0.3 is 14.2 Å². The van der Waals surface area contributed by atoms with E-state index >= 15 is 0 Å². The van der Waals surface area contributed by atoms with Gasteiger partial charge in [0.25, 0.3) is 0 Å². The summed E-state index contributed by atoms with van der Waals surface area (Å²) in [6.45, 7) is 2.05. The molecular weight excluding hydrogens is 256 g/mol. The predicted octanol–water partition coefficient (Wildman–Crippen LogP) is 2.59. The van der Waals surface area contributed by atoms with Crippen LogP contribution in [0.4, 0.5) is 0 Å². The number of oxazole rings is 1. The predicted molar refractivity (Wildman–Crippen MR) is 75.8 cm³/mol. The minimum atomic E-state index is -0.440. The number of furan rings is 1. The Labute approximate surface area is 115 Å². The highest BCUT2D eigenvalue weighted by Crippen LogP contribution is 2.26. The molecule has 20 heavy (non-hydrogen) atoms. The molecule has 0 saturated carbocycles. The van der Waals surface area contributed by atoms with Gasteiger partial charge in [-0.25, -0.2) is 4.79 Å². The first-order valence-corrected chi connectivity index (χ1v) is 6.60. The summed E-state index contributed by atoms with van der Waals surface area (Å²) in [7, 11) is 1.87. The second-order valence-corrected chi connectivity index (χ2v) is 4.65. The summed E-state index contributed by atoms with van der Waals surface area (Å²) in [6, 6.07) is 9.52. The normalized spacial score (nSPS) is 12.9. The lowest BCUT2D eigenvalue weighted by atomic mass is 10.0. The number of aryl methyl sites for hydroxylation is 1. The molecule has 0 aliphatic carbocycles. The van der Waals surface area contributed by atoms with E-state index in [0.29, 0.717) is 11.1 Å². The van der Waals surface area contributed by atoms with Crippen molar-refractivity contribution in [3.8, 4) is 0 Å². The molecule has 0 bridgehead atoms. The van der Waals surface area contributed by atoms with Gasteiger partial charge in [0.05, 0.1) is 11.6 Å². The van der Waals surface area contributed by atoms with Gasteiger partial charge in [0, 0.05) is 6.42 Å². The molecule has 0 fully saturated rings. The van der Waals surface area contributed by atoms with Gasteiger partial charge in [-0.05, 0) is 36.9 Å². The lowest BCUT2D eigenvalue weighted by Crippen LogP contribution is -2.16. The highest BCUT2D eigenvalue weighted by molar-refractivity contribution is 5.73. The number of rotatable bonds is 4. The lowest BCUT2D eigenvalue weighted by molar-refractivity contribution is 0.434. The van der Waals surface area contributed by atoms with Crippen LogP contribution < -0.4 is 11.1 Å². The van der Waals surface area contributed by atoms with Crippen LogP contribution >= 0.6 is 0 Å². The molecule has 2 N–H and O–H groups in total. The van der Waals surface area contributed by atoms with Crippen LogP contribution in [0.5, 0.6) is 0 Å². The molecule has 5 nitrogen and oxygen atoms in total. The van der Waals surface area contributed by atoms with Crippen molar-refractivity contribution in [2.45, 2.75) is 19.4 Å². The number of nitrogens with one attached hydrogen (secondary N) is 2. The molecule has 0 aliphatic heterocycles. The molecular formula is C15H16N2O3. The molecule has 0 radical (unpaired) electrons. The Kier molecular flexibility index (Phi) is 3.20. The van der Waals surface area contributed by atoms with E-state index in [1.165, 1.54) is 0 Å². The Balaban J connectivity index is 2.03. The molecule has 0 saturated heterocycles. The maximum atomic E-state index is 11.2. The van der Waals surface area contributed by atoms with Gasteiger partial charge in [0.15, 0.2) is 5.58 Å². The fourth-order valence-corrected chi connectivity index (χ4v) is 2.35. The third kappa shape index (κ3) is 2.16. The Morgan fingerprint density at radius 1 is 1.25 bits per heavy atom. The quantitative estimate of drug-likeness (QED) is 0.765. The Bertz CT molecular complexity index is 782. The van der Waals surface area contributed by atoms with Crippen molar-refractivity contribution in [1.29, 1.82) is 0 Å². The molecule has 104 valence electrons. The number of fused-ring (bicyclic) bond motifs is 1. The fourth-order valence-electron chi connectivity index (χ4n) is 2.35. The van der Waals surface area contributed by atoms with E-state index in [2.05, 4.69) is 17.2 Å². The van der Waals surface area contributed by atoms with Crippen molar-refractivity contribution in [2.24, 2.45) is 0 Å². The lowest BCUT2D eigenvalue weighted by Gasteiger charge is -2.13. The van der Waals surface area contributed by atoms with E-state index in [-0.39, 0.29) is 6.04 Å². The zero-order valence-corrected chi connectivity index (χ0v) is 11.4. The Hall–Kier alpha value is -2.27. The zero-order valence-electron chi connectivity index (χ0n) is 11.4. The molecule has 2 heterocycles. The van der Waals surface area contributed by atoms with Crippen LogP contribution in [0, 0.1) is 0 Å². The largest absolute Gasteiger partial charge is 0.464 e. The van der Waals surface area contributed by atoms with Crippen LogP contribution in [0.3, 0.4) is 0 Å². The molecule has 0 amide bonds. The Morgan fingerprint density at radius 2 is 2.10 bits per heavy atom. The third-order valence-electron chi connectivity index (χ3n) is 3.38. The summed E-state index contributed by atoms with van der Waals surface area (Å²) in [6.07, 6.45) is 0.863. The van der Waals surface area contributed by atoms with Crippen LogP contribution in [0.1, 0.15) is 30.0 Å². The molecule has 3 rings (SSSR count). The summed E-state index contributed by atoms with van der Waals surface area (Å²) < 4.78 is 10.9. The van der Waals surface area contributed by atoms with Gasteiger partial charge in [-0.2, -0.15) is 0 Å². The third-order valence-corrected chi connectivity index (χ3v) is 3.38. The van der Waals surface area contributed by atoms with Gasteiger partial charge in [0.1, 0.15) is 11.5 Å².